The first-order chi connectivity index (χ1) is 64.1. The van der Waals surface area contributed by atoms with Gasteiger partial charge in [-0.2, -0.15) is 0 Å². The summed E-state index contributed by atoms with van der Waals surface area (Å²) in [6.07, 6.45) is 13.5. The average molecular weight is 1840 g/mol. The Morgan fingerprint density at radius 2 is 0.681 bits per heavy atom. The minimum absolute atomic E-state index is 0.0338. The number of hydrogen-bond acceptors (Lipinski definition) is 20. The van der Waals surface area contributed by atoms with Crippen molar-refractivity contribution < 1.29 is 76.7 Å². The molecule has 8 aliphatic heterocycles. The van der Waals surface area contributed by atoms with E-state index >= 15 is 0 Å². The Hall–Kier alpha value is -14.1. The Bertz CT molecular complexity index is 6080. The van der Waals surface area contributed by atoms with Gasteiger partial charge in [-0.1, -0.05) is 71.1 Å². The molecule has 710 valence electrons. The third kappa shape index (κ3) is 25.8. The first-order valence-electron chi connectivity index (χ1n) is 46.1. The summed E-state index contributed by atoms with van der Waals surface area (Å²) in [5, 5.41) is 16.2. The van der Waals surface area contributed by atoms with Crippen LogP contribution in [0.1, 0.15) is 236 Å². The van der Waals surface area contributed by atoms with Crippen molar-refractivity contribution in [3.8, 4) is 59.7 Å². The molecule has 31 nitrogen and oxygen atoms in total. The van der Waals surface area contributed by atoms with Gasteiger partial charge in [0, 0.05) is 96.9 Å². The highest BCUT2D eigenvalue weighted by atomic mass is 16.6. The van der Waals surface area contributed by atoms with Crippen molar-refractivity contribution in [2.24, 2.45) is 32.7 Å². The number of carbonyl (C=O) groups excluding carboxylic acids is 8. The average Bonchev–Trinajstić information content (AvgIpc) is 1.57. The van der Waals surface area contributed by atoms with Crippen molar-refractivity contribution in [3.05, 3.63) is 147 Å². The van der Waals surface area contributed by atoms with E-state index in [1.54, 1.807) is 23.6 Å². The second kappa shape index (κ2) is 43.7. The number of imidazole rings is 2. The predicted octanol–water partition coefficient (Wildman–Crippen LogP) is 16.2. The summed E-state index contributed by atoms with van der Waals surface area (Å²) >= 11 is 0. The topological polar surface area (TPSA) is 376 Å². The number of hydrogen-bond donors (Lipinski definition) is 6. The number of H-pyrrole nitrogens is 2. The fraction of sp³-hybridized carbons (Fsp3) is 0.481. The number of aliphatic carboxylic acids is 1. The molecule has 5 saturated heterocycles. The largest absolute Gasteiger partial charge is 0.480 e. The molecule has 0 radical (unpaired) electrons. The van der Waals surface area contributed by atoms with Crippen LogP contribution in [0, 0.1) is 77.5 Å². The van der Waals surface area contributed by atoms with Gasteiger partial charge in [-0.3, -0.25) is 39.3 Å². The van der Waals surface area contributed by atoms with Gasteiger partial charge in [-0.25, -0.2) is 43.5 Å². The standard InChI is InChI=1S/C41H47N7O6.C37H41N5O4.C19H22N2O2.C7H13NO4/c1-24(2)35(45-40(51)53-5)38(49)47-19-9-13-33(47)32-23-28-21-26(15-17-29(28)42-32)11-7-8-12-27-16-18-30-31(22-27)44-37(43-30)34-14-10-20-48(34)39(50)36(25(3)4)46-41(52)54-6;1-36(2,3)45-34(43)41-19-9-13-31(41)30-23-26-21-24(15-17-27(26)38-30)11-7-8-12-25-16-18-28-29(22-25)40-33(39-28)32-14-10-20-42(32)35(44)46-37(4,5)6;1-5-13-8-9-15-14(11-13)12-16(20-15)17-7-6-10-21(17)18(22)23-19(2,3)4;1-4(2)5(6(9)10)8-7(11)12-3/h15-18,21-22,24-25,33-36H,9-10,13-14,19-20,23H2,1-6H3,(H,43,44)(H,45,51)(H,46,52);15-18,21-22,31-32H,9-10,13-14,19-20,23H2,1-6H3,(H,39,40);1,8-9,11,17H,6-7,10,12H2,2-4H3;4-5H,1-3H3,(H,8,11)(H,9,10)/t33-,34-,35-,36-;31-,32-;17-;5-/m0000/s1. The molecule has 2 aromatic heterocycles. The zero-order chi connectivity index (χ0) is 97.5. The molecule has 6 N–H and O–H groups in total. The fourth-order valence-electron chi connectivity index (χ4n) is 17.5. The number of methoxy groups -OCH3 is 3. The maximum absolute atomic E-state index is 13.5. The van der Waals surface area contributed by atoms with E-state index < -0.39 is 59.2 Å². The molecule has 5 aromatic carbocycles. The Balaban J connectivity index is 0.000000181. The van der Waals surface area contributed by atoms with Crippen molar-refractivity contribution in [2.75, 3.05) is 54.1 Å². The quantitative estimate of drug-likeness (QED) is 0.0435. The van der Waals surface area contributed by atoms with E-state index in [1.165, 1.54) is 21.3 Å². The Morgan fingerprint density at radius 3 is 1.01 bits per heavy atom. The number of nitrogens with one attached hydrogen (secondary N) is 5. The zero-order valence-corrected chi connectivity index (χ0v) is 80.4. The van der Waals surface area contributed by atoms with Gasteiger partial charge in [0.15, 0.2) is 0 Å². The predicted molar refractivity (Wildman–Crippen MR) is 515 cm³/mol. The first-order valence-corrected chi connectivity index (χ1v) is 46.1. The number of alkyl carbamates (subject to hydrolysis) is 3. The van der Waals surface area contributed by atoms with Gasteiger partial charge in [0.1, 0.15) is 46.6 Å². The lowest BCUT2D eigenvalue weighted by Crippen LogP contribution is -2.53. The summed E-state index contributed by atoms with van der Waals surface area (Å²) in [6, 6.07) is 26.6. The molecule has 15 rings (SSSR count). The second-order valence-electron chi connectivity index (χ2n) is 38.5. The molecule has 0 bridgehead atoms. The Kier molecular flexibility index (Phi) is 32.3. The van der Waals surface area contributed by atoms with Gasteiger partial charge in [0.2, 0.25) is 11.8 Å². The molecule has 5 fully saturated rings. The van der Waals surface area contributed by atoms with Crippen LogP contribution in [0.2, 0.25) is 0 Å². The molecular formula is C104H123N15O16. The van der Waals surface area contributed by atoms with Gasteiger partial charge in [0.05, 0.1) is 90.7 Å². The summed E-state index contributed by atoms with van der Waals surface area (Å²) < 4.78 is 30.6. The number of carbonyl (C=O) groups is 9. The minimum Gasteiger partial charge on any atom is -0.480 e. The van der Waals surface area contributed by atoms with Gasteiger partial charge in [0.25, 0.3) is 0 Å². The third-order valence-electron chi connectivity index (χ3n) is 23.9. The number of benzene rings is 5. The molecule has 10 heterocycles. The number of aliphatic imine (C=N–C) groups is 3. The maximum atomic E-state index is 13.5. The fourth-order valence-corrected chi connectivity index (χ4v) is 17.5. The molecule has 8 aliphatic rings. The molecule has 7 aromatic rings. The van der Waals surface area contributed by atoms with Crippen molar-refractivity contribution in [3.63, 3.8) is 0 Å². The van der Waals surface area contributed by atoms with Crippen LogP contribution >= 0.6 is 0 Å². The number of carboxylic acid groups (broad SMARTS) is 1. The van der Waals surface area contributed by atoms with Crippen molar-refractivity contribution in [1.29, 1.82) is 0 Å². The third-order valence-corrected chi connectivity index (χ3v) is 23.9. The lowest BCUT2D eigenvalue weighted by molar-refractivity contribution is -0.140. The van der Waals surface area contributed by atoms with E-state index in [0.717, 1.165) is 184 Å². The smallest absolute Gasteiger partial charge is 0.410 e. The van der Waals surface area contributed by atoms with Crippen LogP contribution in [-0.2, 0) is 62.1 Å². The number of fused-ring (bicyclic) bond motifs is 5. The van der Waals surface area contributed by atoms with E-state index in [9.17, 15) is 43.2 Å². The van der Waals surface area contributed by atoms with Crippen molar-refractivity contribution >= 4 is 111 Å². The van der Waals surface area contributed by atoms with Crippen LogP contribution in [0.4, 0.5) is 45.8 Å². The van der Waals surface area contributed by atoms with Crippen LogP contribution in [0.15, 0.2) is 106 Å². The number of likely N-dealkylation sites (tertiary alicyclic amines) is 5. The van der Waals surface area contributed by atoms with Gasteiger partial charge in [-0.15, -0.1) is 6.42 Å². The highest BCUT2D eigenvalue weighted by molar-refractivity contribution is 6.03. The van der Waals surface area contributed by atoms with Crippen molar-refractivity contribution in [1.82, 2.24) is 60.4 Å². The SMILES string of the molecule is C#Cc1ccc2c(c1)CC([C@@H]1CCCN1C(=O)OC(C)(C)C)=N2.CC(C)(C)OC(=O)N1CCC[C@H]1C1=Nc2ccc(C#CC#Cc3ccc4nc([C@@H]5CCCN5C(=O)OC(C)(C)C)[nH]c4c3)cc2C1.COC(=O)N[C@H](C(=O)N1CCC[C@H]1C1=Nc2ccc(C#CC#Cc3ccc4nc([C@@H]5CCCN5C(=O)[C@@H](NC(=O)OC)C(C)C)[nH]c4c3)cc2C1)C(C)C.COC(=O)N[C@H](C(=O)O)C(C)C. The summed E-state index contributed by atoms with van der Waals surface area (Å²) in [5.41, 5.74) is 15.0. The highest BCUT2D eigenvalue weighted by Crippen LogP contribution is 2.40. The van der Waals surface area contributed by atoms with Crippen molar-refractivity contribution in [2.45, 2.75) is 252 Å². The zero-order valence-electron chi connectivity index (χ0n) is 80.4. The number of carboxylic acids is 1. The Labute approximate surface area is 789 Å². The summed E-state index contributed by atoms with van der Waals surface area (Å²) in [5.74, 6) is 26.9. The number of ether oxygens (including phenoxy) is 6. The number of amides is 8. The van der Waals surface area contributed by atoms with Gasteiger partial charge < -0.3 is 69.2 Å². The number of terminal acetylenes is 1. The normalized spacial score (nSPS) is 18.5. The second-order valence-corrected chi connectivity index (χ2v) is 38.5. The van der Waals surface area contributed by atoms with Crippen LogP contribution in [0.25, 0.3) is 22.1 Å². The van der Waals surface area contributed by atoms with E-state index in [4.69, 9.17) is 60.2 Å². The maximum Gasteiger partial charge on any atom is 0.410 e. The van der Waals surface area contributed by atoms with E-state index in [0.29, 0.717) is 44.8 Å². The lowest BCUT2D eigenvalue weighted by Gasteiger charge is -2.30. The first kappa shape index (κ1) is 99.9. The van der Waals surface area contributed by atoms with Crippen LogP contribution in [-0.4, -0.2) is 228 Å². The molecular weight excluding hydrogens is 1720 g/mol. The summed E-state index contributed by atoms with van der Waals surface area (Å²) in [4.78, 5) is 150. The van der Waals surface area contributed by atoms with Crippen LogP contribution in [0.5, 0.6) is 0 Å². The highest BCUT2D eigenvalue weighted by Gasteiger charge is 2.44. The molecule has 0 spiro atoms. The van der Waals surface area contributed by atoms with Crippen LogP contribution < -0.4 is 16.0 Å². The van der Waals surface area contributed by atoms with E-state index in [-0.39, 0.29) is 78.1 Å². The molecule has 0 saturated carbocycles. The number of nitrogens with zero attached hydrogens (tertiary/aromatic N) is 10. The number of aromatic amines is 2. The lowest BCUT2D eigenvalue weighted by atomic mass is 9.99. The minimum atomic E-state index is -1.06. The molecule has 8 amide bonds. The van der Waals surface area contributed by atoms with E-state index in [1.807, 2.05) is 190 Å². The van der Waals surface area contributed by atoms with Gasteiger partial charge >= 0.3 is 42.5 Å². The molecule has 0 aliphatic carbocycles. The molecule has 8 atom stereocenters. The monoisotopic (exact) mass is 1840 g/mol. The number of aromatic nitrogens is 4. The summed E-state index contributed by atoms with van der Waals surface area (Å²) in [7, 11) is 3.76. The van der Waals surface area contributed by atoms with E-state index in [2.05, 4.69) is 90.0 Å². The summed E-state index contributed by atoms with van der Waals surface area (Å²) in [6.45, 7) is 31.2. The number of rotatable bonds is 14. The Morgan fingerprint density at radius 1 is 0.400 bits per heavy atom. The molecule has 31 heteroatoms. The molecule has 135 heavy (non-hydrogen) atoms. The van der Waals surface area contributed by atoms with Gasteiger partial charge in [-0.05, 0) is 276 Å². The molecule has 0 unspecified atom stereocenters. The van der Waals surface area contributed by atoms with Crippen LogP contribution in [0.3, 0.4) is 0 Å².